The molecule has 230 valence electrons. The molecule has 0 aliphatic heterocycles. The minimum absolute atomic E-state index is 0.00721. The van der Waals surface area contributed by atoms with Crippen LogP contribution < -0.4 is 14.4 Å². The Morgan fingerprint density at radius 3 is 2.23 bits per heavy atom. The van der Waals surface area contributed by atoms with Crippen LogP contribution in [0.1, 0.15) is 31.9 Å². The van der Waals surface area contributed by atoms with Gasteiger partial charge in [-0.1, -0.05) is 60.1 Å². The van der Waals surface area contributed by atoms with Gasteiger partial charge in [-0.15, -0.1) is 0 Å². The van der Waals surface area contributed by atoms with Crippen LogP contribution in [-0.2, 0) is 32.6 Å². The van der Waals surface area contributed by atoms with Gasteiger partial charge in [0.25, 0.3) is 5.69 Å². The molecule has 1 atom stereocenters. The lowest BCUT2D eigenvalue weighted by Gasteiger charge is -2.35. The highest BCUT2D eigenvalue weighted by Crippen LogP contribution is 2.34. The zero-order valence-electron chi connectivity index (χ0n) is 24.6. The Labute approximate surface area is 256 Å². The molecular formula is C30H35ClN4O7S. The minimum atomic E-state index is -4.18. The van der Waals surface area contributed by atoms with Gasteiger partial charge in [-0.05, 0) is 44.0 Å². The lowest BCUT2D eigenvalue weighted by Crippen LogP contribution is -2.56. The van der Waals surface area contributed by atoms with Crippen LogP contribution in [0.2, 0.25) is 5.02 Å². The highest BCUT2D eigenvalue weighted by molar-refractivity contribution is 7.92. The van der Waals surface area contributed by atoms with Crippen molar-refractivity contribution in [3.8, 4) is 5.75 Å². The average Bonchev–Trinajstić information content (AvgIpc) is 2.93. The van der Waals surface area contributed by atoms with Gasteiger partial charge in [0.2, 0.25) is 21.8 Å². The Morgan fingerprint density at radius 2 is 1.67 bits per heavy atom. The predicted molar refractivity (Wildman–Crippen MR) is 166 cm³/mol. The van der Waals surface area contributed by atoms with Crippen molar-refractivity contribution < 1.29 is 27.7 Å². The third-order valence-electron chi connectivity index (χ3n) is 6.39. The fourth-order valence-electron chi connectivity index (χ4n) is 4.40. The number of amides is 2. The number of sulfonamides is 1. The Balaban J connectivity index is 2.16. The zero-order chi connectivity index (χ0) is 31.9. The van der Waals surface area contributed by atoms with Crippen molar-refractivity contribution in [1.29, 1.82) is 0 Å². The van der Waals surface area contributed by atoms with E-state index in [0.717, 1.165) is 22.2 Å². The van der Waals surface area contributed by atoms with Crippen LogP contribution in [0.4, 0.5) is 11.4 Å². The summed E-state index contributed by atoms with van der Waals surface area (Å²) in [6.07, 6.45) is 1.00. The molecule has 1 N–H and O–H groups in total. The van der Waals surface area contributed by atoms with Crippen molar-refractivity contribution in [2.75, 3.05) is 24.2 Å². The molecule has 0 heterocycles. The first-order valence-corrected chi connectivity index (χ1v) is 15.5. The summed E-state index contributed by atoms with van der Waals surface area (Å²) in [7, 11) is -2.90. The number of benzene rings is 3. The second-order valence-electron chi connectivity index (χ2n) is 10.9. The SMILES string of the molecule is COc1ccc([N+](=O)[O-])cc1N(CC(=O)N(Cc1ccccc1Cl)[C@@H](Cc1ccccc1)C(=O)NC(C)(C)C)S(C)(=O)=O. The van der Waals surface area contributed by atoms with Crippen LogP contribution >= 0.6 is 11.6 Å². The second-order valence-corrected chi connectivity index (χ2v) is 13.3. The van der Waals surface area contributed by atoms with Gasteiger partial charge in [0.15, 0.2) is 0 Å². The van der Waals surface area contributed by atoms with Crippen LogP contribution in [-0.4, -0.2) is 61.5 Å². The third-order valence-corrected chi connectivity index (χ3v) is 7.88. The van der Waals surface area contributed by atoms with Crippen molar-refractivity contribution in [2.45, 2.75) is 45.3 Å². The number of nitro benzene ring substituents is 1. The van der Waals surface area contributed by atoms with Gasteiger partial charge in [-0.25, -0.2) is 8.42 Å². The molecule has 43 heavy (non-hydrogen) atoms. The van der Waals surface area contributed by atoms with Crippen molar-refractivity contribution in [2.24, 2.45) is 0 Å². The molecule has 3 rings (SSSR count). The van der Waals surface area contributed by atoms with E-state index in [-0.39, 0.29) is 24.4 Å². The normalized spacial score (nSPS) is 12.2. The van der Waals surface area contributed by atoms with Gasteiger partial charge in [-0.2, -0.15) is 0 Å². The number of nitrogens with zero attached hydrogens (tertiary/aromatic N) is 3. The molecule has 13 heteroatoms. The number of non-ortho nitro benzene ring substituents is 1. The molecule has 0 aliphatic rings. The molecular weight excluding hydrogens is 596 g/mol. The van der Waals surface area contributed by atoms with E-state index in [1.807, 2.05) is 51.1 Å². The van der Waals surface area contributed by atoms with E-state index in [1.54, 1.807) is 24.3 Å². The number of nitro groups is 1. The molecule has 11 nitrogen and oxygen atoms in total. The number of carbonyl (C=O) groups excluding carboxylic acids is 2. The van der Waals surface area contributed by atoms with Crippen LogP contribution in [0.3, 0.4) is 0 Å². The van der Waals surface area contributed by atoms with Crippen LogP contribution in [0.5, 0.6) is 5.75 Å². The number of halogens is 1. The molecule has 0 aliphatic carbocycles. The molecule has 0 radical (unpaired) electrons. The van der Waals surface area contributed by atoms with Gasteiger partial charge in [0.1, 0.15) is 24.0 Å². The fourth-order valence-corrected chi connectivity index (χ4v) is 5.44. The Morgan fingerprint density at radius 1 is 1.05 bits per heavy atom. The highest BCUT2D eigenvalue weighted by Gasteiger charge is 2.35. The van der Waals surface area contributed by atoms with E-state index >= 15 is 0 Å². The van der Waals surface area contributed by atoms with E-state index in [9.17, 15) is 28.1 Å². The molecule has 3 aromatic carbocycles. The first-order valence-electron chi connectivity index (χ1n) is 13.3. The quantitative estimate of drug-likeness (QED) is 0.228. The van der Waals surface area contributed by atoms with Gasteiger partial charge in [-0.3, -0.25) is 24.0 Å². The lowest BCUT2D eigenvalue weighted by atomic mass is 10.0. The summed E-state index contributed by atoms with van der Waals surface area (Å²) in [5.41, 5.74) is 0.0902. The summed E-state index contributed by atoms with van der Waals surface area (Å²) in [5, 5.41) is 14.8. The number of rotatable bonds is 12. The van der Waals surface area contributed by atoms with Gasteiger partial charge in [0.05, 0.1) is 18.3 Å². The molecule has 0 aromatic heterocycles. The number of hydrogen-bond acceptors (Lipinski definition) is 7. The summed E-state index contributed by atoms with van der Waals surface area (Å²) < 4.78 is 32.2. The van der Waals surface area contributed by atoms with Crippen molar-refractivity contribution in [1.82, 2.24) is 10.2 Å². The number of anilines is 1. The summed E-state index contributed by atoms with van der Waals surface area (Å²) in [4.78, 5) is 40.1. The molecule has 0 fully saturated rings. The topological polar surface area (TPSA) is 139 Å². The molecule has 0 saturated heterocycles. The maximum absolute atomic E-state index is 14.2. The molecule has 0 spiro atoms. The Kier molecular flexibility index (Phi) is 10.8. The average molecular weight is 631 g/mol. The maximum atomic E-state index is 14.2. The second kappa shape index (κ2) is 13.9. The molecule has 3 aromatic rings. The van der Waals surface area contributed by atoms with Crippen LogP contribution in [0, 0.1) is 10.1 Å². The smallest absolute Gasteiger partial charge is 0.271 e. The molecule has 0 bridgehead atoms. The van der Waals surface area contributed by atoms with E-state index in [4.69, 9.17) is 16.3 Å². The Bertz CT molecular complexity index is 1580. The highest BCUT2D eigenvalue weighted by atomic mass is 35.5. The van der Waals surface area contributed by atoms with Gasteiger partial charge in [0, 0.05) is 35.7 Å². The lowest BCUT2D eigenvalue weighted by molar-refractivity contribution is -0.384. The van der Waals surface area contributed by atoms with Crippen molar-refractivity contribution >= 4 is 44.8 Å². The van der Waals surface area contributed by atoms with Crippen LogP contribution in [0.15, 0.2) is 72.8 Å². The fraction of sp³-hybridized carbons (Fsp3) is 0.333. The number of ether oxygens (including phenoxy) is 1. The van der Waals surface area contributed by atoms with Gasteiger partial charge < -0.3 is 15.0 Å². The summed E-state index contributed by atoms with van der Waals surface area (Å²) in [6.45, 7) is 4.55. The van der Waals surface area contributed by atoms with E-state index < -0.39 is 50.6 Å². The summed E-state index contributed by atoms with van der Waals surface area (Å²) in [5.74, 6) is -1.17. The first-order chi connectivity index (χ1) is 20.1. The predicted octanol–water partition coefficient (Wildman–Crippen LogP) is 4.58. The minimum Gasteiger partial charge on any atom is -0.495 e. The van der Waals surface area contributed by atoms with E-state index in [2.05, 4.69) is 5.32 Å². The molecule has 2 amide bonds. The summed E-state index contributed by atoms with van der Waals surface area (Å²) in [6, 6.07) is 18.3. The largest absolute Gasteiger partial charge is 0.495 e. The number of nitrogens with one attached hydrogen (secondary N) is 1. The monoisotopic (exact) mass is 630 g/mol. The Hall–Kier alpha value is -4.16. The zero-order valence-corrected chi connectivity index (χ0v) is 26.2. The number of carbonyl (C=O) groups is 2. The van der Waals surface area contributed by atoms with E-state index in [0.29, 0.717) is 10.6 Å². The third kappa shape index (κ3) is 9.16. The van der Waals surface area contributed by atoms with Crippen molar-refractivity contribution in [3.63, 3.8) is 0 Å². The van der Waals surface area contributed by atoms with Crippen molar-refractivity contribution in [3.05, 3.63) is 99.1 Å². The number of methoxy groups -OCH3 is 1. The molecule has 0 saturated carbocycles. The van der Waals surface area contributed by atoms with Crippen LogP contribution in [0.25, 0.3) is 0 Å². The maximum Gasteiger partial charge on any atom is 0.271 e. The van der Waals surface area contributed by atoms with E-state index in [1.165, 1.54) is 24.1 Å². The number of hydrogen-bond donors (Lipinski definition) is 1. The summed E-state index contributed by atoms with van der Waals surface area (Å²) >= 11 is 6.46. The molecule has 0 unspecified atom stereocenters. The standard InChI is InChI=1S/C30H35ClN4O7S/c1-30(2,3)32-29(37)26(17-21-11-7-6-8-12-21)33(19-22-13-9-10-14-24(22)31)28(36)20-34(43(5,40)41)25-18-23(35(38)39)15-16-27(25)42-4/h6-16,18,26H,17,19-20H2,1-5H3,(H,32,37)/t26-/m0/s1. The van der Waals surface area contributed by atoms with Gasteiger partial charge >= 0.3 is 0 Å². The first kappa shape index (κ1) is 33.3.